The Morgan fingerprint density at radius 3 is 2.81 bits per heavy atom. The molecule has 1 fully saturated rings. The van der Waals surface area contributed by atoms with Gasteiger partial charge in [0.05, 0.1) is 12.6 Å². The highest BCUT2D eigenvalue weighted by molar-refractivity contribution is 5.50. The van der Waals surface area contributed by atoms with Gasteiger partial charge in [-0.3, -0.25) is 0 Å². The van der Waals surface area contributed by atoms with Crippen LogP contribution < -0.4 is 10.1 Å². The van der Waals surface area contributed by atoms with E-state index in [9.17, 15) is 0 Å². The van der Waals surface area contributed by atoms with Crippen LogP contribution >= 0.6 is 0 Å². The fourth-order valence-electron chi connectivity index (χ4n) is 3.30. The summed E-state index contributed by atoms with van der Waals surface area (Å²) >= 11 is 0. The predicted octanol–water partition coefficient (Wildman–Crippen LogP) is 3.90. The maximum atomic E-state index is 6.02. The molecule has 0 saturated carbocycles. The number of para-hydroxylation sites is 1. The Labute approximate surface area is 124 Å². The van der Waals surface area contributed by atoms with Gasteiger partial charge in [0.2, 0.25) is 6.29 Å². The van der Waals surface area contributed by atoms with Crippen LogP contribution in [0.2, 0.25) is 0 Å². The molecule has 0 aromatic heterocycles. The average molecular weight is 281 g/mol. The van der Waals surface area contributed by atoms with Crippen molar-refractivity contribution in [3.05, 3.63) is 59.7 Å². The number of hydrogen-bond donors (Lipinski definition) is 1. The van der Waals surface area contributed by atoms with Crippen molar-refractivity contribution in [3.63, 3.8) is 0 Å². The van der Waals surface area contributed by atoms with Crippen molar-refractivity contribution in [1.82, 2.24) is 0 Å². The van der Waals surface area contributed by atoms with Crippen LogP contribution in [0.3, 0.4) is 0 Å². The molecule has 2 aliphatic heterocycles. The highest BCUT2D eigenvalue weighted by atomic mass is 16.7. The van der Waals surface area contributed by atoms with E-state index in [1.54, 1.807) is 0 Å². The van der Waals surface area contributed by atoms with E-state index in [2.05, 4.69) is 54.7 Å². The van der Waals surface area contributed by atoms with Crippen LogP contribution in [0.5, 0.6) is 5.75 Å². The third-order valence-electron chi connectivity index (χ3n) is 4.35. The lowest BCUT2D eigenvalue weighted by molar-refractivity contribution is -0.0748. The van der Waals surface area contributed by atoms with Crippen LogP contribution in [0.15, 0.2) is 48.5 Å². The number of anilines is 1. The van der Waals surface area contributed by atoms with Gasteiger partial charge in [-0.05, 0) is 31.5 Å². The van der Waals surface area contributed by atoms with Crippen molar-refractivity contribution in [3.8, 4) is 5.75 Å². The minimum Gasteiger partial charge on any atom is -0.464 e. The normalized spacial score (nSPS) is 26.6. The first-order valence-corrected chi connectivity index (χ1v) is 7.52. The summed E-state index contributed by atoms with van der Waals surface area (Å²) in [6.45, 7) is 2.90. The largest absolute Gasteiger partial charge is 0.464 e. The summed E-state index contributed by atoms with van der Waals surface area (Å²) in [5, 5.41) is 3.68. The predicted molar refractivity (Wildman–Crippen MR) is 82.5 cm³/mol. The quantitative estimate of drug-likeness (QED) is 0.905. The lowest BCUT2D eigenvalue weighted by Gasteiger charge is -2.36. The number of benzene rings is 2. The summed E-state index contributed by atoms with van der Waals surface area (Å²) < 4.78 is 11.8. The lowest BCUT2D eigenvalue weighted by Crippen LogP contribution is -2.36. The molecule has 0 bridgehead atoms. The molecular weight excluding hydrogens is 262 g/mol. The number of aryl methyl sites for hydroxylation is 1. The van der Waals surface area contributed by atoms with Crippen molar-refractivity contribution >= 4 is 5.69 Å². The van der Waals surface area contributed by atoms with Crippen molar-refractivity contribution in [2.45, 2.75) is 25.7 Å². The molecule has 1 saturated heterocycles. The Hall–Kier alpha value is -2.00. The number of nitrogens with one attached hydrogen (secondary N) is 1. The molecular formula is C18H19NO2. The first-order chi connectivity index (χ1) is 10.3. The molecule has 4 rings (SSSR count). The van der Waals surface area contributed by atoms with Crippen LogP contribution in [0.25, 0.3) is 0 Å². The number of ether oxygens (including phenoxy) is 2. The van der Waals surface area contributed by atoms with Crippen LogP contribution in [0.1, 0.15) is 23.6 Å². The topological polar surface area (TPSA) is 30.5 Å². The summed E-state index contributed by atoms with van der Waals surface area (Å²) in [6, 6.07) is 17.0. The lowest BCUT2D eigenvalue weighted by atomic mass is 9.87. The van der Waals surface area contributed by atoms with Crippen molar-refractivity contribution in [2.24, 2.45) is 5.92 Å². The van der Waals surface area contributed by atoms with Crippen molar-refractivity contribution in [1.29, 1.82) is 0 Å². The third-order valence-corrected chi connectivity index (χ3v) is 4.35. The van der Waals surface area contributed by atoms with Crippen LogP contribution in [-0.4, -0.2) is 12.9 Å². The molecule has 2 aliphatic rings. The SMILES string of the molecule is Cc1ccc2c(c1)[C@@H](Nc1ccccc1)[C@H]1CCO[C@H]1O2. The van der Waals surface area contributed by atoms with E-state index in [0.717, 1.165) is 24.5 Å². The van der Waals surface area contributed by atoms with E-state index in [1.807, 2.05) is 6.07 Å². The molecule has 2 aromatic rings. The van der Waals surface area contributed by atoms with Gasteiger partial charge < -0.3 is 14.8 Å². The summed E-state index contributed by atoms with van der Waals surface area (Å²) in [4.78, 5) is 0. The molecule has 3 heteroatoms. The molecule has 2 aromatic carbocycles. The number of rotatable bonds is 2. The average Bonchev–Trinajstić information content (AvgIpc) is 2.97. The zero-order chi connectivity index (χ0) is 14.2. The smallest absolute Gasteiger partial charge is 0.205 e. The van der Waals surface area contributed by atoms with Gasteiger partial charge in [0.1, 0.15) is 5.75 Å². The van der Waals surface area contributed by atoms with Crippen LogP contribution in [0, 0.1) is 12.8 Å². The Morgan fingerprint density at radius 1 is 1.10 bits per heavy atom. The van der Waals surface area contributed by atoms with Gasteiger partial charge in [-0.15, -0.1) is 0 Å². The van der Waals surface area contributed by atoms with E-state index in [4.69, 9.17) is 9.47 Å². The molecule has 0 aliphatic carbocycles. The molecule has 21 heavy (non-hydrogen) atoms. The van der Waals surface area contributed by atoms with Gasteiger partial charge in [-0.25, -0.2) is 0 Å². The van der Waals surface area contributed by atoms with Gasteiger partial charge in [0.15, 0.2) is 0 Å². The van der Waals surface area contributed by atoms with Gasteiger partial charge in [0.25, 0.3) is 0 Å². The monoisotopic (exact) mass is 281 g/mol. The Kier molecular flexibility index (Phi) is 3.08. The maximum Gasteiger partial charge on any atom is 0.205 e. The Bertz CT molecular complexity index is 641. The van der Waals surface area contributed by atoms with Crippen molar-refractivity contribution in [2.75, 3.05) is 11.9 Å². The molecule has 3 nitrogen and oxygen atoms in total. The van der Waals surface area contributed by atoms with Gasteiger partial charge in [0, 0.05) is 17.2 Å². The second-order valence-corrected chi connectivity index (χ2v) is 5.84. The van der Waals surface area contributed by atoms with E-state index < -0.39 is 0 Å². The minimum atomic E-state index is -0.124. The zero-order valence-corrected chi connectivity index (χ0v) is 12.1. The fourth-order valence-corrected chi connectivity index (χ4v) is 3.30. The first-order valence-electron chi connectivity index (χ1n) is 7.52. The van der Waals surface area contributed by atoms with Gasteiger partial charge in [-0.1, -0.05) is 35.9 Å². The highest BCUT2D eigenvalue weighted by Crippen LogP contribution is 2.45. The van der Waals surface area contributed by atoms with Crippen LogP contribution in [0.4, 0.5) is 5.69 Å². The summed E-state index contributed by atoms with van der Waals surface area (Å²) in [5.74, 6) is 1.30. The number of hydrogen-bond acceptors (Lipinski definition) is 3. The Morgan fingerprint density at radius 2 is 1.95 bits per heavy atom. The maximum absolute atomic E-state index is 6.02. The van der Waals surface area contributed by atoms with Crippen LogP contribution in [-0.2, 0) is 4.74 Å². The third kappa shape index (κ3) is 2.28. The fraction of sp³-hybridized carbons (Fsp3) is 0.333. The van der Waals surface area contributed by atoms with E-state index >= 15 is 0 Å². The summed E-state index contributed by atoms with van der Waals surface area (Å²) in [5.41, 5.74) is 3.64. The first kappa shape index (κ1) is 12.7. The van der Waals surface area contributed by atoms with E-state index in [0.29, 0.717) is 5.92 Å². The summed E-state index contributed by atoms with van der Waals surface area (Å²) in [6.07, 6.45) is 0.907. The molecule has 0 amide bonds. The highest BCUT2D eigenvalue weighted by Gasteiger charge is 2.42. The molecule has 0 spiro atoms. The van der Waals surface area contributed by atoms with Gasteiger partial charge in [-0.2, -0.15) is 0 Å². The second kappa shape index (κ2) is 5.08. The minimum absolute atomic E-state index is 0.124. The van der Waals surface area contributed by atoms with Gasteiger partial charge >= 0.3 is 0 Å². The molecule has 3 atom stereocenters. The number of fused-ring (bicyclic) bond motifs is 2. The molecule has 2 heterocycles. The molecule has 108 valence electrons. The van der Waals surface area contributed by atoms with E-state index in [1.165, 1.54) is 11.1 Å². The zero-order valence-electron chi connectivity index (χ0n) is 12.1. The second-order valence-electron chi connectivity index (χ2n) is 5.84. The molecule has 0 unspecified atom stereocenters. The molecule has 0 radical (unpaired) electrons. The van der Waals surface area contributed by atoms with E-state index in [-0.39, 0.29) is 12.3 Å². The Balaban J connectivity index is 1.74. The summed E-state index contributed by atoms with van der Waals surface area (Å²) in [7, 11) is 0. The molecule has 1 N–H and O–H groups in total. The standard InChI is InChI=1S/C18H19NO2/c1-12-7-8-16-15(11-12)17(14-9-10-20-18(14)21-16)19-13-5-3-2-4-6-13/h2-8,11,14,17-19H,9-10H2,1H3/t14-,17+,18+/m1/s1. The van der Waals surface area contributed by atoms with Crippen molar-refractivity contribution < 1.29 is 9.47 Å².